The van der Waals surface area contributed by atoms with Crippen LogP contribution in [0.15, 0.2) is 41.8 Å². The highest BCUT2D eigenvalue weighted by molar-refractivity contribution is 7.15. The zero-order valence-corrected chi connectivity index (χ0v) is 18.2. The first kappa shape index (κ1) is 20.4. The number of carbonyl (C=O) groups is 1. The van der Waals surface area contributed by atoms with Crippen LogP contribution in [0, 0.1) is 19.7 Å². The van der Waals surface area contributed by atoms with Gasteiger partial charge >= 0.3 is 5.97 Å². The number of ether oxygens (including phenoxy) is 1. The molecule has 0 saturated heterocycles. The number of carbonyl (C=O) groups excluding carboxylic acids is 1. The summed E-state index contributed by atoms with van der Waals surface area (Å²) in [6, 6.07) is 10.3. The van der Waals surface area contributed by atoms with E-state index >= 15 is 0 Å². The number of fused-ring (bicyclic) bond motifs is 1. The van der Waals surface area contributed by atoms with E-state index in [1.807, 2.05) is 41.8 Å². The number of nitrogens with zero attached hydrogens (tertiary/aromatic N) is 2. The number of para-hydroxylation sites is 1. The van der Waals surface area contributed by atoms with Gasteiger partial charge in [0.05, 0.1) is 18.6 Å². The lowest BCUT2D eigenvalue weighted by atomic mass is 10.1. The number of hydrogen-bond donors (Lipinski definition) is 1. The number of aromatic nitrogens is 2. The molecule has 0 amide bonds. The molecule has 2 aromatic heterocycles. The van der Waals surface area contributed by atoms with E-state index in [1.165, 1.54) is 30.6 Å². The van der Waals surface area contributed by atoms with Crippen molar-refractivity contribution in [1.82, 2.24) is 9.38 Å². The zero-order valence-electron chi connectivity index (χ0n) is 16.6. The largest absolute Gasteiger partial charge is 0.469 e. The van der Waals surface area contributed by atoms with Gasteiger partial charge < -0.3 is 10.1 Å². The SMILES string of the molecule is COC(=O)Cc1csc2nc(-c3ccc(F)cc3Cl)c(Nc3c(C)cccc3C)n12. The molecular formula is C22H19ClFN3O2S. The Morgan fingerprint density at radius 1 is 1.27 bits per heavy atom. The molecule has 0 atom stereocenters. The highest BCUT2D eigenvalue weighted by Gasteiger charge is 2.22. The molecule has 0 saturated carbocycles. The lowest BCUT2D eigenvalue weighted by molar-refractivity contribution is -0.139. The molecule has 1 N–H and O–H groups in total. The molecule has 154 valence electrons. The summed E-state index contributed by atoms with van der Waals surface area (Å²) in [4.78, 5) is 17.4. The van der Waals surface area contributed by atoms with Crippen LogP contribution >= 0.6 is 22.9 Å². The smallest absolute Gasteiger partial charge is 0.311 e. The first-order chi connectivity index (χ1) is 14.4. The second-order valence-electron chi connectivity index (χ2n) is 6.92. The molecule has 0 bridgehead atoms. The number of anilines is 2. The maximum absolute atomic E-state index is 13.6. The van der Waals surface area contributed by atoms with Crippen LogP contribution in [0.5, 0.6) is 0 Å². The third-order valence-corrected chi connectivity index (χ3v) is 6.09. The summed E-state index contributed by atoms with van der Waals surface area (Å²) < 4.78 is 20.4. The Bertz CT molecular complexity index is 1240. The number of benzene rings is 2. The number of hydrogen-bond acceptors (Lipinski definition) is 5. The van der Waals surface area contributed by atoms with Crippen molar-refractivity contribution in [2.75, 3.05) is 12.4 Å². The number of nitrogens with one attached hydrogen (secondary N) is 1. The molecule has 0 aliphatic rings. The Labute approximate surface area is 182 Å². The molecule has 4 aromatic rings. The van der Waals surface area contributed by atoms with Crippen molar-refractivity contribution in [2.24, 2.45) is 0 Å². The Hall–Kier alpha value is -2.90. The maximum Gasteiger partial charge on any atom is 0.311 e. The van der Waals surface area contributed by atoms with Gasteiger partial charge in [-0.05, 0) is 43.2 Å². The third kappa shape index (κ3) is 3.66. The summed E-state index contributed by atoms with van der Waals surface area (Å²) in [6.45, 7) is 4.03. The predicted octanol–water partition coefficient (Wildman–Crippen LogP) is 5.93. The van der Waals surface area contributed by atoms with Crippen molar-refractivity contribution in [3.05, 3.63) is 69.4 Å². The van der Waals surface area contributed by atoms with E-state index in [0.717, 1.165) is 22.5 Å². The highest BCUT2D eigenvalue weighted by atomic mass is 35.5. The molecule has 0 fully saturated rings. The number of methoxy groups -OCH3 is 1. The molecule has 2 aromatic carbocycles. The van der Waals surface area contributed by atoms with Gasteiger partial charge in [-0.3, -0.25) is 9.20 Å². The predicted molar refractivity (Wildman–Crippen MR) is 118 cm³/mol. The Kier molecular flexibility index (Phi) is 5.49. The topological polar surface area (TPSA) is 55.6 Å². The average molecular weight is 444 g/mol. The van der Waals surface area contributed by atoms with E-state index in [2.05, 4.69) is 5.32 Å². The molecule has 8 heteroatoms. The minimum absolute atomic E-state index is 0.102. The monoisotopic (exact) mass is 443 g/mol. The number of aryl methyl sites for hydroxylation is 2. The molecular weight excluding hydrogens is 425 g/mol. The fourth-order valence-corrected chi connectivity index (χ4v) is 4.52. The van der Waals surface area contributed by atoms with Crippen LogP contribution in [-0.4, -0.2) is 22.5 Å². The van der Waals surface area contributed by atoms with Crippen LogP contribution in [0.3, 0.4) is 0 Å². The fourth-order valence-electron chi connectivity index (χ4n) is 3.37. The third-order valence-electron chi connectivity index (χ3n) is 4.90. The molecule has 0 aliphatic heterocycles. The molecule has 0 aliphatic carbocycles. The number of imidazole rings is 1. The van der Waals surface area contributed by atoms with Crippen molar-refractivity contribution < 1.29 is 13.9 Å². The lowest BCUT2D eigenvalue weighted by Gasteiger charge is -2.15. The average Bonchev–Trinajstić information content (AvgIpc) is 3.25. The summed E-state index contributed by atoms with van der Waals surface area (Å²) in [5.41, 5.74) is 4.99. The first-order valence-corrected chi connectivity index (χ1v) is 10.5. The number of thiazole rings is 1. The van der Waals surface area contributed by atoms with E-state index in [0.29, 0.717) is 22.0 Å². The quantitative estimate of drug-likeness (QED) is 0.388. The van der Waals surface area contributed by atoms with Gasteiger partial charge in [-0.25, -0.2) is 9.37 Å². The number of halogens is 2. The van der Waals surface area contributed by atoms with E-state index in [-0.39, 0.29) is 17.4 Å². The van der Waals surface area contributed by atoms with Gasteiger partial charge in [-0.15, -0.1) is 11.3 Å². The minimum Gasteiger partial charge on any atom is -0.469 e. The maximum atomic E-state index is 13.6. The van der Waals surface area contributed by atoms with Gasteiger partial charge in [-0.2, -0.15) is 0 Å². The van der Waals surface area contributed by atoms with Gasteiger partial charge in [0, 0.05) is 22.3 Å². The van der Waals surface area contributed by atoms with Gasteiger partial charge in [0.1, 0.15) is 17.3 Å². The molecule has 0 spiro atoms. The lowest BCUT2D eigenvalue weighted by Crippen LogP contribution is -2.08. The van der Waals surface area contributed by atoms with Crippen molar-refractivity contribution in [1.29, 1.82) is 0 Å². The fraction of sp³-hybridized carbons (Fsp3) is 0.182. The molecule has 2 heterocycles. The van der Waals surface area contributed by atoms with Crippen LogP contribution < -0.4 is 5.32 Å². The Morgan fingerprint density at radius 3 is 2.67 bits per heavy atom. The summed E-state index contributed by atoms with van der Waals surface area (Å²) in [7, 11) is 1.36. The van der Waals surface area contributed by atoms with Crippen molar-refractivity contribution in [3.63, 3.8) is 0 Å². The van der Waals surface area contributed by atoms with E-state index in [9.17, 15) is 9.18 Å². The Balaban J connectivity index is 1.95. The second kappa shape index (κ2) is 8.08. The van der Waals surface area contributed by atoms with E-state index in [1.54, 1.807) is 6.07 Å². The normalized spacial score (nSPS) is 11.1. The summed E-state index contributed by atoms with van der Waals surface area (Å²) >= 11 is 7.77. The molecule has 0 unspecified atom stereocenters. The van der Waals surface area contributed by atoms with Gasteiger partial charge in [0.25, 0.3) is 0 Å². The first-order valence-electron chi connectivity index (χ1n) is 9.23. The van der Waals surface area contributed by atoms with E-state index in [4.69, 9.17) is 21.3 Å². The second-order valence-corrected chi connectivity index (χ2v) is 8.17. The zero-order chi connectivity index (χ0) is 21.4. The van der Waals surface area contributed by atoms with Crippen LogP contribution in [0.2, 0.25) is 5.02 Å². The Morgan fingerprint density at radius 2 is 2.00 bits per heavy atom. The highest BCUT2D eigenvalue weighted by Crippen LogP contribution is 2.38. The van der Waals surface area contributed by atoms with Crippen LogP contribution in [-0.2, 0) is 16.0 Å². The van der Waals surface area contributed by atoms with Crippen molar-refractivity contribution >= 4 is 45.4 Å². The van der Waals surface area contributed by atoms with Crippen LogP contribution in [0.25, 0.3) is 16.2 Å². The van der Waals surface area contributed by atoms with Crippen LogP contribution in [0.4, 0.5) is 15.9 Å². The number of esters is 1. The van der Waals surface area contributed by atoms with Crippen molar-refractivity contribution in [3.8, 4) is 11.3 Å². The summed E-state index contributed by atoms with van der Waals surface area (Å²) in [5.74, 6) is -0.0979. The summed E-state index contributed by atoms with van der Waals surface area (Å²) in [5, 5.41) is 5.64. The number of rotatable bonds is 5. The van der Waals surface area contributed by atoms with Crippen LogP contribution in [0.1, 0.15) is 16.8 Å². The van der Waals surface area contributed by atoms with Gasteiger partial charge in [0.2, 0.25) is 0 Å². The standard InChI is InChI=1S/C22H19ClFN3O2S/c1-12-5-4-6-13(2)19(12)25-21-20(16-8-7-14(24)9-17(16)23)26-22-27(21)15(11-30-22)10-18(28)29-3/h4-9,11,25H,10H2,1-3H3. The van der Waals surface area contributed by atoms with Gasteiger partial charge in [-0.1, -0.05) is 29.8 Å². The molecule has 4 rings (SSSR count). The van der Waals surface area contributed by atoms with E-state index < -0.39 is 5.82 Å². The molecule has 5 nitrogen and oxygen atoms in total. The molecule has 30 heavy (non-hydrogen) atoms. The van der Waals surface area contributed by atoms with Gasteiger partial charge in [0.15, 0.2) is 4.96 Å². The minimum atomic E-state index is -0.416. The summed E-state index contributed by atoms with van der Waals surface area (Å²) in [6.07, 6.45) is 0.102. The van der Waals surface area contributed by atoms with Crippen molar-refractivity contribution in [2.45, 2.75) is 20.3 Å². The molecule has 0 radical (unpaired) electrons.